The highest BCUT2D eigenvalue weighted by molar-refractivity contribution is 5.81. The quantitative estimate of drug-likeness (QED) is 0.697. The van der Waals surface area contributed by atoms with Crippen molar-refractivity contribution >= 4 is 5.91 Å². The molecule has 108 valence electrons. The second kappa shape index (κ2) is 7.03. The van der Waals surface area contributed by atoms with Gasteiger partial charge < -0.3 is 14.4 Å². The Morgan fingerprint density at radius 1 is 1.53 bits per heavy atom. The van der Waals surface area contributed by atoms with Gasteiger partial charge in [-0.2, -0.15) is 0 Å². The van der Waals surface area contributed by atoms with Crippen molar-refractivity contribution in [1.82, 2.24) is 9.80 Å². The second-order valence-corrected chi connectivity index (χ2v) is 5.08. The van der Waals surface area contributed by atoms with Crippen LogP contribution < -0.4 is 0 Å². The third-order valence-corrected chi connectivity index (χ3v) is 3.82. The molecule has 2 rings (SSSR count). The second-order valence-electron chi connectivity index (χ2n) is 5.08. The summed E-state index contributed by atoms with van der Waals surface area (Å²) in [5, 5.41) is 0. The van der Waals surface area contributed by atoms with Crippen LogP contribution in [-0.4, -0.2) is 74.9 Å². The first-order valence-corrected chi connectivity index (χ1v) is 7.04. The normalized spacial score (nSPS) is 25.3. The van der Waals surface area contributed by atoms with Crippen molar-refractivity contribution in [3.05, 3.63) is 11.6 Å². The Morgan fingerprint density at radius 3 is 3.00 bits per heavy atom. The first-order valence-electron chi connectivity index (χ1n) is 7.04. The minimum Gasteiger partial charge on any atom is -0.380 e. The van der Waals surface area contributed by atoms with E-state index >= 15 is 0 Å². The summed E-state index contributed by atoms with van der Waals surface area (Å²) in [4.78, 5) is 16.6. The smallest absolute Gasteiger partial charge is 0.253 e. The Balaban J connectivity index is 1.87. The number of amides is 1. The monoisotopic (exact) mass is 268 g/mol. The molecule has 1 amide bonds. The number of likely N-dealkylation sites (N-methyl/N-ethyl adjacent to an activating group) is 1. The fraction of sp³-hybridized carbons (Fsp3) is 0.786. The summed E-state index contributed by atoms with van der Waals surface area (Å²) in [6.45, 7) is 7.54. The fourth-order valence-corrected chi connectivity index (χ4v) is 2.57. The zero-order chi connectivity index (χ0) is 13.7. The molecule has 0 aliphatic carbocycles. The maximum atomic E-state index is 12.4. The molecule has 0 aromatic carbocycles. The zero-order valence-electron chi connectivity index (χ0n) is 11.9. The van der Waals surface area contributed by atoms with E-state index in [1.54, 1.807) is 7.11 Å². The van der Waals surface area contributed by atoms with Crippen LogP contribution in [0.25, 0.3) is 0 Å². The summed E-state index contributed by atoms with van der Waals surface area (Å²) >= 11 is 0. The van der Waals surface area contributed by atoms with E-state index < -0.39 is 0 Å². The lowest BCUT2D eigenvalue weighted by atomic mass is 10.1. The Bertz CT molecular complexity index is 344. The zero-order valence-corrected chi connectivity index (χ0v) is 11.9. The molecule has 5 heteroatoms. The van der Waals surface area contributed by atoms with Crippen molar-refractivity contribution < 1.29 is 14.3 Å². The highest BCUT2D eigenvalue weighted by Crippen LogP contribution is 2.14. The standard InChI is InChI=1S/C14H24N2O3/c1-3-15-8-9-19-13(10-15)14(17)16-6-4-12(5-7-16)11-18-2/h4,13H,3,5-11H2,1-2H3. The first-order chi connectivity index (χ1) is 9.24. The van der Waals surface area contributed by atoms with Crippen molar-refractivity contribution in [1.29, 1.82) is 0 Å². The van der Waals surface area contributed by atoms with Gasteiger partial charge in [0.1, 0.15) is 6.10 Å². The van der Waals surface area contributed by atoms with Gasteiger partial charge in [0.2, 0.25) is 0 Å². The van der Waals surface area contributed by atoms with E-state index in [0.29, 0.717) is 19.8 Å². The number of methoxy groups -OCH3 is 1. The number of hydrogen-bond donors (Lipinski definition) is 0. The van der Waals surface area contributed by atoms with Crippen LogP contribution in [0.4, 0.5) is 0 Å². The lowest BCUT2D eigenvalue weighted by molar-refractivity contribution is -0.149. The molecule has 0 N–H and O–H groups in total. The van der Waals surface area contributed by atoms with E-state index in [-0.39, 0.29) is 12.0 Å². The van der Waals surface area contributed by atoms with Crippen LogP contribution in [0.2, 0.25) is 0 Å². The van der Waals surface area contributed by atoms with Gasteiger partial charge in [-0.15, -0.1) is 0 Å². The van der Waals surface area contributed by atoms with Gasteiger partial charge >= 0.3 is 0 Å². The Hall–Kier alpha value is -0.910. The molecule has 0 bridgehead atoms. The number of morpholine rings is 1. The first kappa shape index (κ1) is 14.5. The van der Waals surface area contributed by atoms with Crippen LogP contribution >= 0.6 is 0 Å². The van der Waals surface area contributed by atoms with Gasteiger partial charge in [-0.05, 0) is 18.5 Å². The summed E-state index contributed by atoms with van der Waals surface area (Å²) in [6.07, 6.45) is 2.72. The van der Waals surface area contributed by atoms with E-state index in [2.05, 4.69) is 17.9 Å². The van der Waals surface area contributed by atoms with Gasteiger partial charge in [0.05, 0.1) is 13.2 Å². The molecular weight excluding hydrogens is 244 g/mol. The maximum absolute atomic E-state index is 12.4. The van der Waals surface area contributed by atoms with Gasteiger partial charge in [0.25, 0.3) is 5.91 Å². The molecular formula is C14H24N2O3. The molecule has 1 saturated heterocycles. The topological polar surface area (TPSA) is 42.0 Å². The summed E-state index contributed by atoms with van der Waals surface area (Å²) in [5.41, 5.74) is 1.28. The Labute approximate surface area is 115 Å². The van der Waals surface area contributed by atoms with Crippen molar-refractivity contribution in [3.8, 4) is 0 Å². The highest BCUT2D eigenvalue weighted by atomic mass is 16.5. The molecule has 2 aliphatic heterocycles. The molecule has 0 radical (unpaired) electrons. The average molecular weight is 268 g/mol. The van der Waals surface area contributed by atoms with Gasteiger partial charge in [-0.25, -0.2) is 0 Å². The Kier molecular flexibility index (Phi) is 5.36. The lowest BCUT2D eigenvalue weighted by Crippen LogP contribution is -2.51. The summed E-state index contributed by atoms with van der Waals surface area (Å²) < 4.78 is 10.7. The van der Waals surface area contributed by atoms with E-state index in [4.69, 9.17) is 9.47 Å². The lowest BCUT2D eigenvalue weighted by Gasteiger charge is -2.35. The number of ether oxygens (including phenoxy) is 2. The predicted molar refractivity (Wildman–Crippen MR) is 73.0 cm³/mol. The minimum atomic E-state index is -0.286. The number of rotatable bonds is 4. The highest BCUT2D eigenvalue weighted by Gasteiger charge is 2.30. The molecule has 0 spiro atoms. The molecule has 1 atom stereocenters. The van der Waals surface area contributed by atoms with Gasteiger partial charge in [-0.3, -0.25) is 9.69 Å². The molecule has 0 aromatic rings. The predicted octanol–water partition coefficient (Wildman–Crippen LogP) is 0.512. The number of nitrogens with zero attached hydrogens (tertiary/aromatic N) is 2. The van der Waals surface area contributed by atoms with E-state index in [9.17, 15) is 4.79 Å². The Morgan fingerprint density at radius 2 is 2.37 bits per heavy atom. The third kappa shape index (κ3) is 3.78. The molecule has 1 unspecified atom stereocenters. The molecule has 2 aliphatic rings. The molecule has 0 aromatic heterocycles. The average Bonchev–Trinajstić information content (AvgIpc) is 2.48. The molecule has 1 fully saturated rings. The number of carbonyl (C=O) groups is 1. The van der Waals surface area contributed by atoms with Gasteiger partial charge in [0, 0.05) is 33.3 Å². The fourth-order valence-electron chi connectivity index (χ4n) is 2.57. The van der Waals surface area contributed by atoms with Crippen LogP contribution in [0.3, 0.4) is 0 Å². The SMILES string of the molecule is CCN1CCOC(C(=O)N2CC=C(COC)CC2)C1. The van der Waals surface area contributed by atoms with Crippen molar-refractivity contribution in [3.63, 3.8) is 0 Å². The van der Waals surface area contributed by atoms with Crippen molar-refractivity contribution in [2.75, 3.05) is 53.0 Å². The molecule has 2 heterocycles. The molecule has 5 nitrogen and oxygen atoms in total. The summed E-state index contributed by atoms with van der Waals surface area (Å²) in [7, 11) is 1.70. The molecule has 19 heavy (non-hydrogen) atoms. The van der Waals surface area contributed by atoms with E-state index in [1.807, 2.05) is 4.90 Å². The van der Waals surface area contributed by atoms with Crippen LogP contribution in [-0.2, 0) is 14.3 Å². The minimum absolute atomic E-state index is 0.130. The van der Waals surface area contributed by atoms with Crippen LogP contribution in [0, 0.1) is 0 Å². The van der Waals surface area contributed by atoms with E-state index in [1.165, 1.54) is 5.57 Å². The van der Waals surface area contributed by atoms with E-state index in [0.717, 1.165) is 32.6 Å². The summed E-state index contributed by atoms with van der Waals surface area (Å²) in [6, 6.07) is 0. The van der Waals surface area contributed by atoms with Crippen LogP contribution in [0.15, 0.2) is 11.6 Å². The summed E-state index contributed by atoms with van der Waals surface area (Å²) in [5.74, 6) is 0.130. The maximum Gasteiger partial charge on any atom is 0.253 e. The largest absolute Gasteiger partial charge is 0.380 e. The van der Waals surface area contributed by atoms with Crippen molar-refractivity contribution in [2.45, 2.75) is 19.4 Å². The third-order valence-electron chi connectivity index (χ3n) is 3.82. The van der Waals surface area contributed by atoms with Gasteiger partial charge in [-0.1, -0.05) is 13.0 Å². The van der Waals surface area contributed by atoms with Crippen molar-refractivity contribution in [2.24, 2.45) is 0 Å². The number of carbonyl (C=O) groups excluding carboxylic acids is 1. The van der Waals surface area contributed by atoms with Crippen LogP contribution in [0.1, 0.15) is 13.3 Å². The van der Waals surface area contributed by atoms with Crippen LogP contribution in [0.5, 0.6) is 0 Å². The number of hydrogen-bond acceptors (Lipinski definition) is 4. The van der Waals surface area contributed by atoms with Gasteiger partial charge in [0.15, 0.2) is 0 Å². The molecule has 0 saturated carbocycles.